The van der Waals surface area contributed by atoms with Crippen molar-refractivity contribution in [3.05, 3.63) is 41.3 Å². The third kappa shape index (κ3) is 4.68. The monoisotopic (exact) mass is 438 g/mol. The molecule has 9 heteroatoms. The first kappa shape index (κ1) is 22.0. The number of hydrogen-bond donors (Lipinski definition) is 2. The lowest BCUT2D eigenvalue weighted by Crippen LogP contribution is -2.37. The van der Waals surface area contributed by atoms with Crippen molar-refractivity contribution >= 4 is 23.1 Å². The Morgan fingerprint density at radius 3 is 2.81 bits per heavy atom. The van der Waals surface area contributed by atoms with Crippen molar-refractivity contribution in [1.29, 1.82) is 0 Å². The summed E-state index contributed by atoms with van der Waals surface area (Å²) < 4.78 is 12.9. The number of aromatic nitrogens is 3. The van der Waals surface area contributed by atoms with E-state index in [2.05, 4.69) is 43.8 Å². The number of nitrogens with zero attached hydrogens (tertiary/aromatic N) is 5. The van der Waals surface area contributed by atoms with Gasteiger partial charge in [0.05, 0.1) is 31.9 Å². The molecule has 9 nitrogen and oxygen atoms in total. The summed E-state index contributed by atoms with van der Waals surface area (Å²) in [6, 6.07) is 5.06. The van der Waals surface area contributed by atoms with Gasteiger partial charge in [-0.25, -0.2) is 9.97 Å². The molecule has 0 bridgehead atoms. The summed E-state index contributed by atoms with van der Waals surface area (Å²) in [5.74, 6) is 1.17. The van der Waals surface area contributed by atoms with Crippen LogP contribution >= 0.6 is 0 Å². The maximum atomic E-state index is 9.74. The van der Waals surface area contributed by atoms with Crippen LogP contribution in [0.15, 0.2) is 29.6 Å². The minimum absolute atomic E-state index is 0.0937. The number of aryl methyl sites for hydroxylation is 2. The van der Waals surface area contributed by atoms with E-state index in [4.69, 9.17) is 9.47 Å². The number of anilines is 1. The number of hydrogen-bond acceptors (Lipinski definition) is 8. The maximum Gasteiger partial charge on any atom is 0.161 e. The normalized spacial score (nSPS) is 15.0. The molecule has 0 aliphatic carbocycles. The molecule has 1 saturated heterocycles. The molecule has 4 rings (SSSR count). The molecular formula is C23H30N6O3. The number of fused-ring (bicyclic) bond motifs is 1. The predicted molar refractivity (Wildman–Crippen MR) is 125 cm³/mol. The lowest BCUT2D eigenvalue weighted by molar-refractivity contribution is 0.0369. The van der Waals surface area contributed by atoms with Crippen molar-refractivity contribution in [1.82, 2.24) is 19.4 Å². The SMILES string of the molecule is COc1cc(/C=N\Nc2ncnc3c2c(C)c(C)n3CCCN2CCOCC2)ccc1O. The zero-order chi connectivity index (χ0) is 22.5. The van der Waals surface area contributed by atoms with Gasteiger partial charge in [-0.3, -0.25) is 10.3 Å². The number of morpholine rings is 1. The van der Waals surface area contributed by atoms with E-state index in [9.17, 15) is 5.11 Å². The highest BCUT2D eigenvalue weighted by Crippen LogP contribution is 2.29. The summed E-state index contributed by atoms with van der Waals surface area (Å²) in [6.07, 6.45) is 4.29. The third-order valence-electron chi connectivity index (χ3n) is 5.95. The third-order valence-corrected chi connectivity index (χ3v) is 5.95. The number of methoxy groups -OCH3 is 1. The molecule has 2 aromatic heterocycles. The Balaban J connectivity index is 1.50. The van der Waals surface area contributed by atoms with Gasteiger partial charge >= 0.3 is 0 Å². The van der Waals surface area contributed by atoms with E-state index in [0.717, 1.165) is 68.0 Å². The first-order valence-corrected chi connectivity index (χ1v) is 10.8. The largest absolute Gasteiger partial charge is 0.504 e. The second-order valence-corrected chi connectivity index (χ2v) is 7.89. The first-order valence-electron chi connectivity index (χ1n) is 10.8. The van der Waals surface area contributed by atoms with Crippen molar-refractivity contribution in [3.63, 3.8) is 0 Å². The van der Waals surface area contributed by atoms with E-state index in [-0.39, 0.29) is 5.75 Å². The van der Waals surface area contributed by atoms with E-state index in [1.807, 2.05) is 0 Å². The van der Waals surface area contributed by atoms with E-state index in [1.165, 1.54) is 12.8 Å². The van der Waals surface area contributed by atoms with E-state index in [0.29, 0.717) is 11.6 Å². The molecule has 3 heterocycles. The van der Waals surface area contributed by atoms with Crippen LogP contribution in [0.1, 0.15) is 23.2 Å². The number of hydrazone groups is 1. The first-order chi connectivity index (χ1) is 15.6. The van der Waals surface area contributed by atoms with Gasteiger partial charge in [0.2, 0.25) is 0 Å². The molecule has 0 spiro atoms. The van der Waals surface area contributed by atoms with Gasteiger partial charge in [0.15, 0.2) is 17.3 Å². The molecule has 0 amide bonds. The van der Waals surface area contributed by atoms with Gasteiger partial charge in [-0.05, 0) is 49.6 Å². The lowest BCUT2D eigenvalue weighted by Gasteiger charge is -2.26. The highest BCUT2D eigenvalue weighted by atomic mass is 16.5. The number of phenols is 1. The maximum absolute atomic E-state index is 9.74. The van der Waals surface area contributed by atoms with Crippen LogP contribution in [-0.4, -0.2) is 70.7 Å². The lowest BCUT2D eigenvalue weighted by atomic mass is 10.2. The van der Waals surface area contributed by atoms with Gasteiger partial charge in [0.1, 0.15) is 12.0 Å². The molecule has 32 heavy (non-hydrogen) atoms. The van der Waals surface area contributed by atoms with Crippen molar-refractivity contribution in [2.45, 2.75) is 26.8 Å². The van der Waals surface area contributed by atoms with Crippen molar-refractivity contribution in [3.8, 4) is 11.5 Å². The number of phenolic OH excluding ortho intramolecular Hbond substituents is 1. The Morgan fingerprint density at radius 2 is 2.03 bits per heavy atom. The highest BCUT2D eigenvalue weighted by Gasteiger charge is 2.17. The van der Waals surface area contributed by atoms with Crippen LogP contribution in [0.25, 0.3) is 11.0 Å². The molecular weight excluding hydrogens is 408 g/mol. The second-order valence-electron chi connectivity index (χ2n) is 7.89. The molecule has 0 radical (unpaired) electrons. The summed E-state index contributed by atoms with van der Waals surface area (Å²) >= 11 is 0. The minimum atomic E-state index is 0.0937. The number of nitrogens with one attached hydrogen (secondary N) is 1. The summed E-state index contributed by atoms with van der Waals surface area (Å²) in [5, 5.41) is 15.1. The number of aromatic hydroxyl groups is 1. The molecule has 3 aromatic rings. The smallest absolute Gasteiger partial charge is 0.161 e. The van der Waals surface area contributed by atoms with E-state index >= 15 is 0 Å². The van der Waals surface area contributed by atoms with Crippen molar-refractivity contribution in [2.75, 3.05) is 45.4 Å². The Kier molecular flexibility index (Phi) is 6.87. The molecule has 1 aromatic carbocycles. The van der Waals surface area contributed by atoms with Gasteiger partial charge in [0.25, 0.3) is 0 Å². The summed E-state index contributed by atoms with van der Waals surface area (Å²) in [7, 11) is 1.52. The second kappa shape index (κ2) is 9.97. The van der Waals surface area contributed by atoms with Crippen molar-refractivity contribution < 1.29 is 14.6 Å². The zero-order valence-electron chi connectivity index (χ0n) is 18.8. The van der Waals surface area contributed by atoms with Crippen LogP contribution in [0.5, 0.6) is 11.5 Å². The standard InChI is InChI=1S/C23H30N6O3/c1-16-17(2)29(8-4-7-28-9-11-32-12-10-28)23-21(16)22(24-15-25-23)27-26-14-18-5-6-19(30)20(13-18)31-3/h5-6,13-15,30H,4,7-12H2,1-3H3,(H,24,25,27)/b26-14-. The van der Waals surface area contributed by atoms with Gasteiger partial charge in [0, 0.05) is 31.9 Å². The zero-order valence-corrected chi connectivity index (χ0v) is 18.8. The van der Waals surface area contributed by atoms with Gasteiger partial charge in [-0.15, -0.1) is 0 Å². The van der Waals surface area contributed by atoms with Crippen LogP contribution < -0.4 is 10.2 Å². The number of rotatable bonds is 8. The topological polar surface area (TPSA) is 97.0 Å². The molecule has 1 aliphatic rings. The minimum Gasteiger partial charge on any atom is -0.504 e. The van der Waals surface area contributed by atoms with E-state index < -0.39 is 0 Å². The number of ether oxygens (including phenoxy) is 2. The molecule has 1 aliphatic heterocycles. The summed E-state index contributed by atoms with van der Waals surface area (Å²) in [4.78, 5) is 11.4. The Hall–Kier alpha value is -3.17. The molecule has 1 fully saturated rings. The fraction of sp³-hybridized carbons (Fsp3) is 0.435. The molecule has 2 N–H and O–H groups in total. The van der Waals surface area contributed by atoms with Gasteiger partial charge in [-0.1, -0.05) is 0 Å². The van der Waals surface area contributed by atoms with Gasteiger partial charge < -0.3 is 19.1 Å². The van der Waals surface area contributed by atoms with E-state index in [1.54, 1.807) is 30.7 Å². The Morgan fingerprint density at radius 1 is 1.22 bits per heavy atom. The van der Waals surface area contributed by atoms with Crippen LogP contribution in [-0.2, 0) is 11.3 Å². The summed E-state index contributed by atoms with van der Waals surface area (Å²) in [5.41, 5.74) is 7.11. The molecule has 0 unspecified atom stereocenters. The fourth-order valence-electron chi connectivity index (χ4n) is 4.05. The summed E-state index contributed by atoms with van der Waals surface area (Å²) in [6.45, 7) is 9.84. The van der Waals surface area contributed by atoms with Crippen LogP contribution in [0.2, 0.25) is 0 Å². The molecule has 0 atom stereocenters. The average Bonchev–Trinajstić information content (AvgIpc) is 3.06. The molecule has 170 valence electrons. The quantitative estimate of drug-likeness (QED) is 0.412. The predicted octanol–water partition coefficient (Wildman–Crippen LogP) is 2.93. The molecule has 0 saturated carbocycles. The van der Waals surface area contributed by atoms with Crippen LogP contribution in [0.3, 0.4) is 0 Å². The Bertz CT molecular complexity index is 1100. The average molecular weight is 439 g/mol. The van der Waals surface area contributed by atoms with Crippen molar-refractivity contribution in [2.24, 2.45) is 5.10 Å². The van der Waals surface area contributed by atoms with Crippen LogP contribution in [0, 0.1) is 13.8 Å². The fourth-order valence-corrected chi connectivity index (χ4v) is 4.05. The Labute approximate surface area is 187 Å². The van der Waals surface area contributed by atoms with Crippen LogP contribution in [0.4, 0.5) is 5.82 Å². The number of benzene rings is 1. The highest BCUT2D eigenvalue weighted by molar-refractivity contribution is 5.92. The van der Waals surface area contributed by atoms with Gasteiger partial charge in [-0.2, -0.15) is 5.10 Å².